The maximum absolute atomic E-state index is 11.6. The van der Waals surface area contributed by atoms with Gasteiger partial charge in [-0.2, -0.15) is 11.8 Å². The Hall–Kier alpha value is -0.180. The van der Waals surface area contributed by atoms with Crippen molar-refractivity contribution in [2.24, 2.45) is 5.92 Å². The van der Waals surface area contributed by atoms with Crippen LogP contribution >= 0.6 is 11.8 Å². The number of hydrogen-bond acceptors (Lipinski definition) is 2. The molecule has 0 aromatic carbocycles. The lowest BCUT2D eigenvalue weighted by Gasteiger charge is -2.35. The van der Waals surface area contributed by atoms with Crippen molar-refractivity contribution in [3.8, 4) is 0 Å². The summed E-state index contributed by atoms with van der Waals surface area (Å²) in [5.41, 5.74) is 0. The molecule has 2 fully saturated rings. The lowest BCUT2D eigenvalue weighted by atomic mass is 9.88. The molecule has 2 aliphatic carbocycles. The molecule has 15 heavy (non-hydrogen) atoms. The first-order valence-corrected chi connectivity index (χ1v) is 7.31. The summed E-state index contributed by atoms with van der Waals surface area (Å²) in [5.74, 6) is 0.654. The van der Waals surface area contributed by atoms with Crippen LogP contribution in [0.1, 0.15) is 44.9 Å². The molecular formula is C12H21NOS. The summed E-state index contributed by atoms with van der Waals surface area (Å²) in [6.07, 6.45) is 11.0. The van der Waals surface area contributed by atoms with E-state index in [9.17, 15) is 4.79 Å². The Kier molecular flexibility index (Phi) is 3.60. The molecule has 0 radical (unpaired) electrons. The maximum atomic E-state index is 11.6. The third-order valence-electron chi connectivity index (χ3n) is 3.73. The molecule has 2 nitrogen and oxygen atoms in total. The first kappa shape index (κ1) is 11.3. The Morgan fingerprint density at radius 3 is 2.53 bits per heavy atom. The van der Waals surface area contributed by atoms with Gasteiger partial charge in [0.2, 0.25) is 5.91 Å². The molecule has 0 unspecified atom stereocenters. The molecule has 86 valence electrons. The monoisotopic (exact) mass is 227 g/mol. The third-order valence-corrected chi connectivity index (χ3v) is 5.15. The van der Waals surface area contributed by atoms with Crippen molar-refractivity contribution < 1.29 is 4.79 Å². The van der Waals surface area contributed by atoms with Crippen LogP contribution in [-0.4, -0.2) is 23.5 Å². The molecule has 0 aromatic rings. The molecule has 0 aromatic heterocycles. The predicted octanol–water partition coefficient (Wildman–Crippen LogP) is 2.58. The van der Waals surface area contributed by atoms with Crippen LogP contribution in [0.2, 0.25) is 0 Å². The lowest BCUT2D eigenvalue weighted by molar-refractivity contribution is -0.122. The minimum Gasteiger partial charge on any atom is -0.354 e. The average molecular weight is 227 g/mol. The van der Waals surface area contributed by atoms with Gasteiger partial charge >= 0.3 is 0 Å². The van der Waals surface area contributed by atoms with Gasteiger partial charge in [-0.1, -0.05) is 19.3 Å². The molecule has 0 spiro atoms. The zero-order valence-corrected chi connectivity index (χ0v) is 10.4. The predicted molar refractivity (Wildman–Crippen MR) is 65.1 cm³/mol. The second-order valence-electron chi connectivity index (χ2n) is 4.94. The summed E-state index contributed by atoms with van der Waals surface area (Å²) in [5, 5.41) is 3.15. The van der Waals surface area contributed by atoms with Crippen LogP contribution in [0.15, 0.2) is 0 Å². The van der Waals surface area contributed by atoms with Gasteiger partial charge in [0.05, 0.1) is 0 Å². The molecule has 2 rings (SSSR count). The number of carbonyl (C=O) groups is 1. The van der Waals surface area contributed by atoms with Crippen LogP contribution in [0.5, 0.6) is 0 Å². The fraction of sp³-hybridized carbons (Fsp3) is 0.917. The van der Waals surface area contributed by atoms with Gasteiger partial charge in [0.15, 0.2) is 0 Å². The van der Waals surface area contributed by atoms with Gasteiger partial charge in [-0.3, -0.25) is 4.79 Å². The molecular weight excluding hydrogens is 206 g/mol. The van der Waals surface area contributed by atoms with Crippen LogP contribution in [0.25, 0.3) is 0 Å². The first-order valence-electron chi connectivity index (χ1n) is 6.09. The van der Waals surface area contributed by atoms with Crippen LogP contribution in [0.4, 0.5) is 0 Å². The van der Waals surface area contributed by atoms with Gasteiger partial charge in [0.1, 0.15) is 0 Å². The van der Waals surface area contributed by atoms with Crippen molar-refractivity contribution in [1.82, 2.24) is 5.32 Å². The van der Waals surface area contributed by atoms with Crippen LogP contribution in [0.3, 0.4) is 0 Å². The molecule has 1 N–H and O–H groups in total. The summed E-state index contributed by atoms with van der Waals surface area (Å²) in [7, 11) is 0. The molecule has 0 atom stereocenters. The fourth-order valence-corrected chi connectivity index (χ4v) is 3.30. The van der Waals surface area contributed by atoms with Crippen molar-refractivity contribution in [3.63, 3.8) is 0 Å². The smallest absolute Gasteiger partial charge is 0.223 e. The molecule has 2 saturated carbocycles. The van der Waals surface area contributed by atoms with E-state index in [0.717, 1.165) is 19.4 Å². The van der Waals surface area contributed by atoms with Crippen molar-refractivity contribution in [3.05, 3.63) is 0 Å². The second kappa shape index (κ2) is 4.77. The number of thioether (sulfide) groups is 1. The fourth-order valence-electron chi connectivity index (χ4n) is 2.39. The Labute approximate surface area is 96.6 Å². The number of nitrogens with one attached hydrogen (secondary N) is 1. The summed E-state index contributed by atoms with van der Waals surface area (Å²) >= 11 is 1.95. The van der Waals surface area contributed by atoms with Crippen molar-refractivity contribution in [1.29, 1.82) is 0 Å². The van der Waals surface area contributed by atoms with Crippen LogP contribution in [-0.2, 0) is 4.79 Å². The number of amides is 1. The highest BCUT2D eigenvalue weighted by atomic mass is 32.2. The molecule has 1 amide bonds. The molecule has 0 bridgehead atoms. The zero-order chi connectivity index (χ0) is 10.7. The Balaban J connectivity index is 1.80. The topological polar surface area (TPSA) is 29.1 Å². The number of carbonyl (C=O) groups excluding carboxylic acids is 1. The van der Waals surface area contributed by atoms with Crippen LogP contribution < -0.4 is 5.32 Å². The SMILES string of the molecule is CSC1(CNC(=O)C2CC2)CCCCC1. The molecule has 0 heterocycles. The van der Waals surface area contributed by atoms with Gasteiger partial charge in [0.25, 0.3) is 0 Å². The number of hydrogen-bond donors (Lipinski definition) is 1. The summed E-state index contributed by atoms with van der Waals surface area (Å²) in [4.78, 5) is 11.6. The van der Waals surface area contributed by atoms with Crippen molar-refractivity contribution in [2.75, 3.05) is 12.8 Å². The zero-order valence-electron chi connectivity index (χ0n) is 9.55. The minimum atomic E-state index is 0.300. The van der Waals surface area contributed by atoms with Gasteiger partial charge in [-0.25, -0.2) is 0 Å². The van der Waals surface area contributed by atoms with Gasteiger partial charge in [0, 0.05) is 17.2 Å². The Bertz CT molecular complexity index is 232. The number of rotatable bonds is 4. The Morgan fingerprint density at radius 2 is 2.00 bits per heavy atom. The minimum absolute atomic E-state index is 0.300. The summed E-state index contributed by atoms with van der Waals surface area (Å²) in [6.45, 7) is 0.892. The molecule has 0 aliphatic heterocycles. The highest BCUT2D eigenvalue weighted by Gasteiger charge is 2.34. The van der Waals surface area contributed by atoms with E-state index in [1.807, 2.05) is 11.8 Å². The quantitative estimate of drug-likeness (QED) is 0.800. The average Bonchev–Trinajstić information content (AvgIpc) is 3.11. The summed E-state index contributed by atoms with van der Waals surface area (Å²) in [6, 6.07) is 0. The molecule has 3 heteroatoms. The Morgan fingerprint density at radius 1 is 1.33 bits per heavy atom. The lowest BCUT2D eigenvalue weighted by Crippen LogP contribution is -2.42. The van der Waals surface area contributed by atoms with Crippen molar-refractivity contribution >= 4 is 17.7 Å². The third kappa shape index (κ3) is 2.90. The van der Waals surface area contributed by atoms with E-state index in [-0.39, 0.29) is 0 Å². The first-order chi connectivity index (χ1) is 7.26. The van der Waals surface area contributed by atoms with E-state index >= 15 is 0 Å². The normalized spacial score (nSPS) is 24.9. The highest BCUT2D eigenvalue weighted by molar-refractivity contribution is 8.00. The van der Waals surface area contributed by atoms with Gasteiger partial charge < -0.3 is 5.32 Å². The van der Waals surface area contributed by atoms with Gasteiger partial charge in [-0.15, -0.1) is 0 Å². The highest BCUT2D eigenvalue weighted by Crippen LogP contribution is 2.38. The van der Waals surface area contributed by atoms with E-state index in [4.69, 9.17) is 0 Å². The molecule has 2 aliphatic rings. The second-order valence-corrected chi connectivity index (χ2v) is 6.21. The molecule has 0 saturated heterocycles. The largest absolute Gasteiger partial charge is 0.354 e. The van der Waals surface area contributed by atoms with E-state index in [1.165, 1.54) is 32.1 Å². The maximum Gasteiger partial charge on any atom is 0.223 e. The standard InChI is InChI=1S/C12H21NOS/c1-15-12(7-3-2-4-8-12)9-13-11(14)10-5-6-10/h10H,2-9H2,1H3,(H,13,14). The van der Waals surface area contributed by atoms with E-state index < -0.39 is 0 Å². The van der Waals surface area contributed by atoms with E-state index in [0.29, 0.717) is 16.6 Å². The van der Waals surface area contributed by atoms with Crippen LogP contribution in [0, 0.1) is 5.92 Å². The van der Waals surface area contributed by atoms with Crippen molar-refractivity contribution in [2.45, 2.75) is 49.7 Å². The summed E-state index contributed by atoms with van der Waals surface area (Å²) < 4.78 is 0.350. The van der Waals surface area contributed by atoms with Gasteiger partial charge in [-0.05, 0) is 31.9 Å². The van der Waals surface area contributed by atoms with E-state index in [1.54, 1.807) is 0 Å². The van der Waals surface area contributed by atoms with E-state index in [2.05, 4.69) is 11.6 Å².